The second-order valence-corrected chi connectivity index (χ2v) is 11.2. The zero-order valence-electron chi connectivity index (χ0n) is 20.5. The number of carbonyl (C=O) groups is 1. The highest BCUT2D eigenvalue weighted by molar-refractivity contribution is 7.88. The number of ether oxygens (including phenoxy) is 1. The van der Waals surface area contributed by atoms with Crippen molar-refractivity contribution in [2.45, 2.75) is 57.7 Å². The summed E-state index contributed by atoms with van der Waals surface area (Å²) < 4.78 is 74.0. The molecule has 0 radical (unpaired) electrons. The molecule has 2 aromatic carbocycles. The molecular weight excluding hydrogens is 513 g/mol. The van der Waals surface area contributed by atoms with Crippen LogP contribution in [0.25, 0.3) is 16.5 Å². The quantitative estimate of drug-likeness (QED) is 0.366. The number of alkyl halides is 3. The lowest BCUT2D eigenvalue weighted by Crippen LogP contribution is -2.37. The van der Waals surface area contributed by atoms with Crippen LogP contribution in [-0.2, 0) is 27.7 Å². The highest BCUT2D eigenvalue weighted by Crippen LogP contribution is 2.40. The van der Waals surface area contributed by atoms with Crippen molar-refractivity contribution in [2.75, 3.05) is 0 Å². The van der Waals surface area contributed by atoms with Gasteiger partial charge in [0.2, 0.25) is 0 Å². The van der Waals surface area contributed by atoms with Crippen molar-refractivity contribution in [1.29, 1.82) is 0 Å². The summed E-state index contributed by atoms with van der Waals surface area (Å²) in [4.78, 5) is 26.5. The van der Waals surface area contributed by atoms with E-state index in [1.54, 1.807) is 58.0 Å². The van der Waals surface area contributed by atoms with Gasteiger partial charge in [0, 0.05) is 5.69 Å². The fourth-order valence-electron chi connectivity index (χ4n) is 4.47. The third kappa shape index (κ3) is 5.02. The van der Waals surface area contributed by atoms with Crippen molar-refractivity contribution < 1.29 is 35.3 Å². The molecule has 1 atom stereocenters. The molecule has 0 saturated heterocycles. The minimum Gasteiger partial charge on any atom is -0.444 e. The highest BCUT2D eigenvalue weighted by Gasteiger charge is 2.49. The zero-order chi connectivity index (χ0) is 27.3. The van der Waals surface area contributed by atoms with Crippen LogP contribution >= 0.6 is 0 Å². The molecule has 1 aromatic heterocycles. The van der Waals surface area contributed by atoms with Crippen LogP contribution in [0.4, 0.5) is 18.0 Å². The molecule has 1 amide bonds. The van der Waals surface area contributed by atoms with E-state index in [-0.39, 0.29) is 5.39 Å². The topological polar surface area (TPSA) is 104 Å². The summed E-state index contributed by atoms with van der Waals surface area (Å²) in [6.07, 6.45) is 0.151. The Morgan fingerprint density at radius 2 is 1.68 bits per heavy atom. The third-order valence-electron chi connectivity index (χ3n) is 5.81. The van der Waals surface area contributed by atoms with Gasteiger partial charge in [-0.3, -0.25) is 9.36 Å². The van der Waals surface area contributed by atoms with Crippen molar-refractivity contribution in [1.82, 2.24) is 9.88 Å². The first-order valence-corrected chi connectivity index (χ1v) is 12.8. The van der Waals surface area contributed by atoms with Crippen molar-refractivity contribution in [3.63, 3.8) is 0 Å². The Morgan fingerprint density at radius 3 is 2.27 bits per heavy atom. The number of nitrogens with zero attached hydrogens (tertiary/aromatic N) is 1. The van der Waals surface area contributed by atoms with Gasteiger partial charge in [0.25, 0.3) is 5.56 Å². The summed E-state index contributed by atoms with van der Waals surface area (Å²) in [6, 6.07) is 10.1. The monoisotopic (exact) mass is 538 g/mol. The van der Waals surface area contributed by atoms with E-state index in [9.17, 15) is 31.2 Å². The van der Waals surface area contributed by atoms with E-state index in [0.717, 1.165) is 6.07 Å². The van der Waals surface area contributed by atoms with E-state index in [2.05, 4.69) is 9.50 Å². The van der Waals surface area contributed by atoms with Gasteiger partial charge in [-0.05, 0) is 75.2 Å². The number of nitrogens with one attached hydrogen (secondary N) is 1. The molecule has 4 rings (SSSR count). The molecular formula is C25H25F3N2O6S. The van der Waals surface area contributed by atoms with Crippen molar-refractivity contribution in [3.8, 4) is 11.4 Å². The molecule has 0 bridgehead atoms. The number of para-hydroxylation sites is 1. The molecule has 0 saturated carbocycles. The Balaban J connectivity index is 1.99. The van der Waals surface area contributed by atoms with E-state index in [1.165, 1.54) is 10.6 Å². The van der Waals surface area contributed by atoms with E-state index in [0.29, 0.717) is 40.7 Å². The Labute approximate surface area is 211 Å². The number of amides is 1. The number of aromatic nitrogens is 1. The van der Waals surface area contributed by atoms with Crippen LogP contribution in [0.1, 0.15) is 50.6 Å². The van der Waals surface area contributed by atoms with Crippen LogP contribution in [0.3, 0.4) is 0 Å². The molecule has 8 nitrogen and oxygen atoms in total. The third-order valence-corrected chi connectivity index (χ3v) is 6.77. The number of carbonyl (C=O) groups excluding carboxylic acids is 1. The summed E-state index contributed by atoms with van der Waals surface area (Å²) in [5, 5.41) is 2.77. The van der Waals surface area contributed by atoms with Gasteiger partial charge < -0.3 is 14.2 Å². The summed E-state index contributed by atoms with van der Waals surface area (Å²) in [7, 11) is -6.02. The van der Waals surface area contributed by atoms with E-state index < -0.39 is 44.7 Å². The zero-order valence-corrected chi connectivity index (χ0v) is 21.3. The molecule has 3 aromatic rings. The number of pyridine rings is 1. The molecule has 0 aliphatic heterocycles. The van der Waals surface area contributed by atoms with Crippen LogP contribution in [0.5, 0.6) is 5.75 Å². The molecule has 1 aliphatic carbocycles. The van der Waals surface area contributed by atoms with Gasteiger partial charge in [0.05, 0.1) is 17.1 Å². The largest absolute Gasteiger partial charge is 0.534 e. The molecule has 0 unspecified atom stereocenters. The van der Waals surface area contributed by atoms with E-state index in [1.807, 2.05) is 0 Å². The maximum absolute atomic E-state index is 13.9. The molecule has 1 N–H and O–H groups in total. The van der Waals surface area contributed by atoms with Crippen molar-refractivity contribution in [3.05, 3.63) is 69.6 Å². The molecule has 198 valence electrons. The lowest BCUT2D eigenvalue weighted by molar-refractivity contribution is -0.0499. The summed E-state index contributed by atoms with van der Waals surface area (Å²) in [6.45, 7) is 6.77. The van der Waals surface area contributed by atoms with Gasteiger partial charge in [0.1, 0.15) is 5.60 Å². The lowest BCUT2D eigenvalue weighted by atomic mass is 10.00. The minimum absolute atomic E-state index is 0.283. The minimum atomic E-state index is -6.02. The normalized spacial score (nSPS) is 14.5. The number of rotatable bonds is 5. The fourth-order valence-corrected chi connectivity index (χ4v) is 4.93. The smallest absolute Gasteiger partial charge is 0.444 e. The molecule has 37 heavy (non-hydrogen) atoms. The molecule has 0 spiro atoms. The second kappa shape index (κ2) is 9.09. The Hall–Kier alpha value is -3.54. The Bertz CT molecular complexity index is 1540. The molecule has 1 heterocycles. The van der Waals surface area contributed by atoms with Gasteiger partial charge in [0.15, 0.2) is 5.75 Å². The Kier molecular flexibility index (Phi) is 6.51. The maximum Gasteiger partial charge on any atom is 0.534 e. The average Bonchev–Trinajstić information content (AvgIpc) is 3.19. The predicted octanol–water partition coefficient (Wildman–Crippen LogP) is 4.90. The molecule has 12 heteroatoms. The van der Waals surface area contributed by atoms with Crippen molar-refractivity contribution in [2.24, 2.45) is 0 Å². The van der Waals surface area contributed by atoms with Gasteiger partial charge in [-0.1, -0.05) is 24.3 Å². The van der Waals surface area contributed by atoms with Crippen LogP contribution < -0.4 is 15.1 Å². The number of halogens is 3. The Morgan fingerprint density at radius 1 is 1.03 bits per heavy atom. The van der Waals surface area contributed by atoms with Crippen LogP contribution in [-0.4, -0.2) is 30.2 Å². The number of hydrogen-bond acceptors (Lipinski definition) is 6. The van der Waals surface area contributed by atoms with Gasteiger partial charge >= 0.3 is 21.7 Å². The predicted molar refractivity (Wildman–Crippen MR) is 130 cm³/mol. The van der Waals surface area contributed by atoms with Crippen LogP contribution in [0.2, 0.25) is 0 Å². The maximum atomic E-state index is 13.9. The molecule has 1 aliphatic rings. The SMILES string of the molecule is C[C@H](NC(=O)OC(C)(C)C)c1c2c3c(ccc(OS(=O)(=O)C(F)(F)F)c3c(=O)n1-c1ccccc1)CC2. The molecule has 0 fully saturated rings. The second-order valence-electron chi connectivity index (χ2n) is 9.66. The number of benzene rings is 2. The van der Waals surface area contributed by atoms with Gasteiger partial charge in [-0.25, -0.2) is 4.79 Å². The standard InChI is InChI=1S/C25H25F3N2O6S/c1-14(29-23(32)35-24(2,3)4)21-17-12-10-15-11-13-18(36-37(33,34)25(26,27)28)20(19(15)17)22(31)30(21)16-8-6-5-7-9-16/h5-9,11,13-14H,10,12H2,1-4H3,(H,29,32)/t14-/m0/s1. The first kappa shape index (κ1) is 26.5. The van der Waals surface area contributed by atoms with Crippen LogP contribution in [0, 0.1) is 0 Å². The first-order chi connectivity index (χ1) is 17.1. The number of alkyl carbamates (subject to hydrolysis) is 1. The summed E-state index contributed by atoms with van der Waals surface area (Å²) >= 11 is 0. The summed E-state index contributed by atoms with van der Waals surface area (Å²) in [5.74, 6) is -0.715. The first-order valence-electron chi connectivity index (χ1n) is 11.4. The average molecular weight is 539 g/mol. The van der Waals surface area contributed by atoms with E-state index >= 15 is 0 Å². The van der Waals surface area contributed by atoms with E-state index in [4.69, 9.17) is 4.74 Å². The lowest BCUT2D eigenvalue weighted by Gasteiger charge is -2.26. The highest BCUT2D eigenvalue weighted by atomic mass is 32.2. The fraction of sp³-hybridized carbons (Fsp3) is 0.360. The number of hydrogen-bond donors (Lipinski definition) is 1. The van der Waals surface area contributed by atoms with Gasteiger partial charge in [-0.15, -0.1) is 0 Å². The van der Waals surface area contributed by atoms with Crippen LogP contribution in [0.15, 0.2) is 47.3 Å². The van der Waals surface area contributed by atoms with Crippen molar-refractivity contribution >= 4 is 27.0 Å². The summed E-state index contributed by atoms with van der Waals surface area (Å²) in [5.41, 5.74) is -5.20. The van der Waals surface area contributed by atoms with Gasteiger partial charge in [-0.2, -0.15) is 21.6 Å². The number of aryl methyl sites for hydroxylation is 2.